The van der Waals surface area contributed by atoms with Crippen molar-refractivity contribution in [3.8, 4) is 0 Å². The van der Waals surface area contributed by atoms with Gasteiger partial charge in [0.1, 0.15) is 0 Å². The minimum Gasteiger partial charge on any atom is -0.295 e. The Morgan fingerprint density at radius 3 is 2.15 bits per heavy atom. The van der Waals surface area contributed by atoms with Gasteiger partial charge in [-0.3, -0.25) is 4.90 Å². The first-order chi connectivity index (χ1) is 5.95. The van der Waals surface area contributed by atoms with Crippen molar-refractivity contribution in [1.82, 2.24) is 4.90 Å². The summed E-state index contributed by atoms with van der Waals surface area (Å²) < 4.78 is 0. The predicted octanol–water partition coefficient (Wildman–Crippen LogP) is 3.30. The van der Waals surface area contributed by atoms with E-state index in [1.807, 2.05) is 0 Å². The molecule has 0 spiro atoms. The molecule has 1 aliphatic rings. The summed E-state index contributed by atoms with van der Waals surface area (Å²) >= 11 is 0. The molecule has 1 heteroatoms. The van der Waals surface area contributed by atoms with Gasteiger partial charge in [-0.15, -0.1) is 0 Å². The highest BCUT2D eigenvalue weighted by molar-refractivity contribution is 4.89. The fraction of sp³-hybridized carbons (Fsp3) is 1.00. The Morgan fingerprint density at radius 1 is 1.08 bits per heavy atom. The predicted molar refractivity (Wildman–Crippen MR) is 58.9 cm³/mol. The lowest BCUT2D eigenvalue weighted by Crippen LogP contribution is -2.53. The molecule has 78 valence electrons. The van der Waals surface area contributed by atoms with Crippen molar-refractivity contribution in [1.29, 1.82) is 0 Å². The molecule has 1 saturated heterocycles. The van der Waals surface area contributed by atoms with Gasteiger partial charge in [0.05, 0.1) is 0 Å². The van der Waals surface area contributed by atoms with Crippen LogP contribution in [0.15, 0.2) is 0 Å². The molecule has 0 aromatic rings. The summed E-state index contributed by atoms with van der Waals surface area (Å²) in [6.07, 6.45) is 4.17. The third kappa shape index (κ3) is 2.46. The molecule has 0 aliphatic carbocycles. The molecule has 0 bridgehead atoms. The molecule has 0 radical (unpaired) electrons. The zero-order chi connectivity index (χ0) is 10.1. The summed E-state index contributed by atoms with van der Waals surface area (Å²) in [6, 6.07) is 0.732. The number of nitrogens with zero attached hydrogens (tertiary/aromatic N) is 1. The van der Waals surface area contributed by atoms with Gasteiger partial charge in [0, 0.05) is 11.6 Å². The van der Waals surface area contributed by atoms with Crippen molar-refractivity contribution in [3.63, 3.8) is 0 Å². The average Bonchev–Trinajstić information content (AvgIpc) is 2.02. The highest BCUT2D eigenvalue weighted by Crippen LogP contribution is 2.30. The molecule has 0 N–H and O–H groups in total. The minimum absolute atomic E-state index is 0.432. The van der Waals surface area contributed by atoms with Crippen molar-refractivity contribution in [2.75, 3.05) is 6.54 Å². The van der Waals surface area contributed by atoms with E-state index >= 15 is 0 Å². The maximum Gasteiger partial charge on any atom is 0.0156 e. The Bertz CT molecular complexity index is 161. The summed E-state index contributed by atoms with van der Waals surface area (Å²) in [6.45, 7) is 13.1. The second-order valence-electron chi connectivity index (χ2n) is 5.45. The molecule has 0 aromatic heterocycles. The van der Waals surface area contributed by atoms with Crippen LogP contribution in [0.25, 0.3) is 0 Å². The molecular weight excluding hydrogens is 158 g/mol. The standard InChI is InChI=1S/C12H25N/c1-10(2)11(3)13-9-7-6-8-12(13,4)5/h10-11H,6-9H2,1-5H3. The third-order valence-electron chi connectivity index (χ3n) is 3.67. The molecule has 1 heterocycles. The summed E-state index contributed by atoms with van der Waals surface area (Å²) in [7, 11) is 0. The van der Waals surface area contributed by atoms with E-state index in [2.05, 4.69) is 39.5 Å². The van der Waals surface area contributed by atoms with E-state index in [-0.39, 0.29) is 0 Å². The average molecular weight is 183 g/mol. The first kappa shape index (κ1) is 11.0. The zero-order valence-corrected chi connectivity index (χ0v) is 9.93. The number of hydrogen-bond donors (Lipinski definition) is 0. The maximum atomic E-state index is 2.70. The molecule has 1 rings (SSSR count). The number of rotatable bonds is 2. The first-order valence-electron chi connectivity index (χ1n) is 5.72. The molecule has 0 amide bonds. The van der Waals surface area contributed by atoms with Crippen LogP contribution in [-0.4, -0.2) is 23.0 Å². The quantitative estimate of drug-likeness (QED) is 0.635. The van der Waals surface area contributed by atoms with Crippen molar-refractivity contribution >= 4 is 0 Å². The molecule has 1 unspecified atom stereocenters. The van der Waals surface area contributed by atoms with Crippen LogP contribution >= 0.6 is 0 Å². The summed E-state index contributed by atoms with van der Waals surface area (Å²) in [4.78, 5) is 2.70. The normalized spacial score (nSPS) is 26.3. The van der Waals surface area contributed by atoms with Gasteiger partial charge in [-0.2, -0.15) is 0 Å². The molecule has 1 nitrogen and oxygen atoms in total. The van der Waals surface area contributed by atoms with Gasteiger partial charge < -0.3 is 0 Å². The topological polar surface area (TPSA) is 3.24 Å². The van der Waals surface area contributed by atoms with Crippen molar-refractivity contribution in [2.24, 2.45) is 5.92 Å². The van der Waals surface area contributed by atoms with Gasteiger partial charge in [-0.1, -0.05) is 20.3 Å². The summed E-state index contributed by atoms with van der Waals surface area (Å²) in [5, 5.41) is 0. The molecule has 0 aromatic carbocycles. The van der Waals surface area contributed by atoms with Crippen molar-refractivity contribution < 1.29 is 0 Å². The largest absolute Gasteiger partial charge is 0.295 e. The molecular formula is C12H25N. The third-order valence-corrected chi connectivity index (χ3v) is 3.67. The Kier molecular flexibility index (Phi) is 3.39. The van der Waals surface area contributed by atoms with Gasteiger partial charge in [0.2, 0.25) is 0 Å². The van der Waals surface area contributed by atoms with Crippen LogP contribution in [0, 0.1) is 5.92 Å². The molecule has 0 saturated carbocycles. The maximum absolute atomic E-state index is 2.70. The van der Waals surface area contributed by atoms with Crippen LogP contribution in [0.4, 0.5) is 0 Å². The van der Waals surface area contributed by atoms with Crippen molar-refractivity contribution in [2.45, 2.75) is 65.5 Å². The highest BCUT2D eigenvalue weighted by atomic mass is 15.2. The molecule has 1 atom stereocenters. The van der Waals surface area contributed by atoms with E-state index in [0.717, 1.165) is 12.0 Å². The van der Waals surface area contributed by atoms with Crippen LogP contribution in [0.3, 0.4) is 0 Å². The molecule has 1 aliphatic heterocycles. The second-order valence-corrected chi connectivity index (χ2v) is 5.45. The Labute approximate surface area is 83.5 Å². The summed E-state index contributed by atoms with van der Waals surface area (Å²) in [5.41, 5.74) is 0.432. The smallest absolute Gasteiger partial charge is 0.0156 e. The fourth-order valence-electron chi connectivity index (χ4n) is 2.40. The lowest BCUT2D eigenvalue weighted by atomic mass is 9.87. The monoisotopic (exact) mass is 183 g/mol. The second kappa shape index (κ2) is 4.00. The number of hydrogen-bond acceptors (Lipinski definition) is 1. The SMILES string of the molecule is CC(C)C(C)N1CCCCC1(C)C. The number of likely N-dealkylation sites (tertiary alicyclic amines) is 1. The molecule has 13 heavy (non-hydrogen) atoms. The van der Waals surface area contributed by atoms with E-state index in [1.54, 1.807) is 0 Å². The van der Waals surface area contributed by atoms with Crippen molar-refractivity contribution in [3.05, 3.63) is 0 Å². The van der Waals surface area contributed by atoms with Crippen LogP contribution in [-0.2, 0) is 0 Å². The summed E-state index contributed by atoms with van der Waals surface area (Å²) in [5.74, 6) is 0.775. The zero-order valence-electron chi connectivity index (χ0n) is 9.93. The minimum atomic E-state index is 0.432. The Hall–Kier alpha value is -0.0400. The van der Waals surface area contributed by atoms with Crippen LogP contribution < -0.4 is 0 Å². The Morgan fingerprint density at radius 2 is 1.69 bits per heavy atom. The van der Waals surface area contributed by atoms with E-state index < -0.39 is 0 Å². The van der Waals surface area contributed by atoms with Crippen LogP contribution in [0.2, 0.25) is 0 Å². The highest BCUT2D eigenvalue weighted by Gasteiger charge is 2.33. The van der Waals surface area contributed by atoms with Gasteiger partial charge in [-0.05, 0) is 46.1 Å². The van der Waals surface area contributed by atoms with Crippen LogP contribution in [0.1, 0.15) is 53.9 Å². The van der Waals surface area contributed by atoms with Crippen LogP contribution in [0.5, 0.6) is 0 Å². The first-order valence-corrected chi connectivity index (χ1v) is 5.72. The van der Waals surface area contributed by atoms with E-state index in [4.69, 9.17) is 0 Å². The van der Waals surface area contributed by atoms with E-state index in [1.165, 1.54) is 25.8 Å². The lowest BCUT2D eigenvalue weighted by molar-refractivity contribution is 0.0221. The van der Waals surface area contributed by atoms with Gasteiger partial charge in [0.25, 0.3) is 0 Å². The fourth-order valence-corrected chi connectivity index (χ4v) is 2.40. The Balaban J connectivity index is 2.65. The molecule has 1 fully saturated rings. The lowest BCUT2D eigenvalue weighted by Gasteiger charge is -2.47. The van der Waals surface area contributed by atoms with Gasteiger partial charge in [-0.25, -0.2) is 0 Å². The van der Waals surface area contributed by atoms with Gasteiger partial charge in [0.15, 0.2) is 0 Å². The van der Waals surface area contributed by atoms with E-state index in [0.29, 0.717) is 5.54 Å². The van der Waals surface area contributed by atoms with Gasteiger partial charge >= 0.3 is 0 Å². The van der Waals surface area contributed by atoms with E-state index in [9.17, 15) is 0 Å². The number of piperidine rings is 1.